The Kier molecular flexibility index (Phi) is 1.96. The van der Waals surface area contributed by atoms with Crippen molar-refractivity contribution >= 4 is 19.3 Å². The van der Waals surface area contributed by atoms with Crippen LogP contribution < -0.4 is 5.40 Å². The van der Waals surface area contributed by atoms with Crippen LogP contribution in [0, 0.1) is 0 Å². The summed E-state index contributed by atoms with van der Waals surface area (Å²) in [6.07, 6.45) is 0. The summed E-state index contributed by atoms with van der Waals surface area (Å²) < 4.78 is 0. The van der Waals surface area contributed by atoms with Crippen LogP contribution in [-0.2, 0) is 0 Å². The van der Waals surface area contributed by atoms with Gasteiger partial charge in [0.15, 0.2) is 0 Å². The lowest BCUT2D eigenvalue weighted by Gasteiger charge is -1.73. The molecule has 1 atom stereocenters. The molecule has 0 aliphatic carbocycles. The predicted octanol–water partition coefficient (Wildman–Crippen LogP) is 0.0342. The molecule has 4 heavy (non-hydrogen) atoms. The maximum absolute atomic E-state index is 5.19. The van der Waals surface area contributed by atoms with Gasteiger partial charge in [-0.25, -0.2) is 0 Å². The van der Waals surface area contributed by atoms with Crippen LogP contribution in [0.4, 0.5) is 0 Å². The van der Waals surface area contributed by atoms with Crippen molar-refractivity contribution in [2.45, 2.75) is 6.55 Å². The maximum Gasteiger partial charge on any atom is 0.205 e. The molecule has 0 aromatic rings. The normalized spacial score (nSPS) is 15.8. The van der Waals surface area contributed by atoms with Crippen LogP contribution in [0.1, 0.15) is 0 Å². The zero-order valence-electron chi connectivity index (χ0n) is 2.53. The number of hydrogen-bond acceptors (Lipinski definition) is 1. The smallest absolute Gasteiger partial charge is 0.205 e. The molecule has 0 spiro atoms. The van der Waals surface area contributed by atoms with Gasteiger partial charge < -0.3 is 5.40 Å². The number of nitrogens with two attached hydrogens (primary N) is 1. The average Bonchev–Trinajstić information content (AvgIpc) is 0.811. The topological polar surface area (TPSA) is 26.0 Å². The van der Waals surface area contributed by atoms with Crippen molar-refractivity contribution in [3.05, 3.63) is 0 Å². The first kappa shape index (κ1) is 4.47. The van der Waals surface area contributed by atoms with Crippen LogP contribution in [0.5, 0.6) is 0 Å². The van der Waals surface area contributed by atoms with Gasteiger partial charge in [-0.2, -0.15) is 11.1 Å². The standard InChI is InChI=1S/CH6ClNSi/c1-4(2)3/h4H,3H2,1H3. The van der Waals surface area contributed by atoms with E-state index in [9.17, 15) is 0 Å². The summed E-state index contributed by atoms with van der Waals surface area (Å²) >= 11 is 5.19. The highest BCUT2D eigenvalue weighted by atomic mass is 35.6. The van der Waals surface area contributed by atoms with E-state index in [1.54, 1.807) is 0 Å². The highest BCUT2D eigenvalue weighted by molar-refractivity contribution is 7.04. The average molecular weight is 95.6 g/mol. The maximum atomic E-state index is 5.19. The van der Waals surface area contributed by atoms with E-state index in [0.29, 0.717) is 0 Å². The molecule has 2 N–H and O–H groups in total. The second-order valence-corrected chi connectivity index (χ2v) is 4.10. The van der Waals surface area contributed by atoms with Crippen molar-refractivity contribution < 1.29 is 0 Å². The second-order valence-electron chi connectivity index (χ2n) is 0.678. The molecule has 0 radical (unpaired) electrons. The lowest BCUT2D eigenvalue weighted by Crippen LogP contribution is -2.10. The van der Waals surface area contributed by atoms with E-state index in [-0.39, 0.29) is 0 Å². The molecule has 0 saturated heterocycles. The van der Waals surface area contributed by atoms with Crippen molar-refractivity contribution in [3.63, 3.8) is 0 Å². The van der Waals surface area contributed by atoms with Crippen LogP contribution in [0.2, 0.25) is 6.55 Å². The summed E-state index contributed by atoms with van der Waals surface area (Å²) in [6, 6.07) is 0. The minimum absolute atomic E-state index is 1.17. The third kappa shape index (κ3) is 24.4. The largest absolute Gasteiger partial charge is 0.341 e. The number of halogens is 1. The third-order valence-electron chi connectivity index (χ3n) is 0. The third-order valence-corrected chi connectivity index (χ3v) is 0. The van der Waals surface area contributed by atoms with Gasteiger partial charge in [0.05, 0.1) is 0 Å². The summed E-state index contributed by atoms with van der Waals surface area (Å²) in [7, 11) is -1.17. The van der Waals surface area contributed by atoms with Gasteiger partial charge in [-0.15, -0.1) is 0 Å². The highest BCUT2D eigenvalue weighted by Gasteiger charge is 1.76. The van der Waals surface area contributed by atoms with Crippen molar-refractivity contribution in [3.8, 4) is 0 Å². The summed E-state index contributed by atoms with van der Waals surface area (Å²) in [5, 5.41) is 5.02. The zero-order chi connectivity index (χ0) is 3.58. The fraction of sp³-hybridized carbons (Fsp3) is 1.00. The molecular weight excluding hydrogens is 89.6 g/mol. The van der Waals surface area contributed by atoms with Gasteiger partial charge in [-0.05, 0) is 6.55 Å². The van der Waals surface area contributed by atoms with E-state index >= 15 is 0 Å². The molecular formula is CH6ClNSi. The van der Waals surface area contributed by atoms with Crippen LogP contribution in [0.25, 0.3) is 0 Å². The van der Waals surface area contributed by atoms with Gasteiger partial charge in [-0.3, -0.25) is 0 Å². The zero-order valence-corrected chi connectivity index (χ0v) is 4.44. The van der Waals surface area contributed by atoms with Gasteiger partial charge in [-0.1, -0.05) is 0 Å². The molecule has 0 aliphatic rings. The van der Waals surface area contributed by atoms with E-state index in [2.05, 4.69) is 0 Å². The highest BCUT2D eigenvalue weighted by Crippen LogP contribution is 1.68. The number of rotatable bonds is 0. The lowest BCUT2D eigenvalue weighted by atomic mass is 11.9. The fourth-order valence-electron chi connectivity index (χ4n) is 0. The van der Waals surface area contributed by atoms with E-state index in [1.165, 1.54) is 0 Å². The van der Waals surface area contributed by atoms with Crippen LogP contribution >= 0.6 is 11.1 Å². The summed E-state index contributed by atoms with van der Waals surface area (Å²) in [5.41, 5.74) is 0. The summed E-state index contributed by atoms with van der Waals surface area (Å²) in [4.78, 5) is 0. The molecule has 0 saturated carbocycles. The molecule has 3 heteroatoms. The summed E-state index contributed by atoms with van der Waals surface area (Å²) in [6.45, 7) is 1.85. The molecule has 1 unspecified atom stereocenters. The Morgan fingerprint density at radius 1 is 2.00 bits per heavy atom. The van der Waals surface area contributed by atoms with Gasteiger partial charge in [0.25, 0.3) is 0 Å². The molecule has 26 valence electrons. The molecule has 0 aliphatic heterocycles. The SMILES string of the molecule is C[SiH](N)Cl. The van der Waals surface area contributed by atoms with Gasteiger partial charge in [0, 0.05) is 0 Å². The first-order chi connectivity index (χ1) is 1.73. The van der Waals surface area contributed by atoms with Gasteiger partial charge in [0.1, 0.15) is 0 Å². The molecule has 1 nitrogen and oxygen atoms in total. The van der Waals surface area contributed by atoms with Crippen molar-refractivity contribution in [1.29, 1.82) is 0 Å². The molecule has 0 heterocycles. The van der Waals surface area contributed by atoms with Crippen LogP contribution in [0.15, 0.2) is 0 Å². The predicted molar refractivity (Wildman–Crippen MR) is 23.1 cm³/mol. The Balaban J connectivity index is 2.32. The molecule has 0 rings (SSSR count). The van der Waals surface area contributed by atoms with E-state index in [4.69, 9.17) is 16.5 Å². The van der Waals surface area contributed by atoms with Crippen LogP contribution in [-0.4, -0.2) is 8.27 Å². The first-order valence-electron chi connectivity index (χ1n) is 1.13. The Hall–Kier alpha value is 0.467. The van der Waals surface area contributed by atoms with Crippen molar-refractivity contribution in [2.24, 2.45) is 5.40 Å². The van der Waals surface area contributed by atoms with E-state index in [1.807, 2.05) is 6.55 Å². The Bertz CT molecular complexity index is 12.8. The summed E-state index contributed by atoms with van der Waals surface area (Å²) in [5.74, 6) is 0. The monoisotopic (exact) mass is 95.0 g/mol. The Morgan fingerprint density at radius 3 is 2.00 bits per heavy atom. The van der Waals surface area contributed by atoms with Crippen molar-refractivity contribution in [1.82, 2.24) is 0 Å². The number of hydrogen-bond donors (Lipinski definition) is 1. The molecule has 0 aromatic heterocycles. The molecule has 0 fully saturated rings. The molecule has 0 aromatic carbocycles. The second kappa shape index (κ2) is 1.76. The van der Waals surface area contributed by atoms with Crippen LogP contribution in [0.3, 0.4) is 0 Å². The lowest BCUT2D eigenvalue weighted by molar-refractivity contribution is 1.86. The molecule has 0 amide bonds. The molecule has 0 bridgehead atoms. The first-order valence-corrected chi connectivity index (χ1v) is 4.70. The minimum atomic E-state index is -1.17. The fourth-order valence-corrected chi connectivity index (χ4v) is 0. The van der Waals surface area contributed by atoms with Gasteiger partial charge in [0.2, 0.25) is 8.27 Å². The Morgan fingerprint density at radius 2 is 2.00 bits per heavy atom. The quantitative estimate of drug-likeness (QED) is 0.334. The van der Waals surface area contributed by atoms with Gasteiger partial charge >= 0.3 is 0 Å². The minimum Gasteiger partial charge on any atom is -0.341 e. The van der Waals surface area contributed by atoms with Crippen molar-refractivity contribution in [2.75, 3.05) is 0 Å². The van der Waals surface area contributed by atoms with E-state index in [0.717, 1.165) is 0 Å². The van der Waals surface area contributed by atoms with E-state index < -0.39 is 8.27 Å². The Labute approximate surface area is 32.1 Å².